The molecular formula is C16H14BrNO2. The van der Waals surface area contributed by atoms with Crippen molar-refractivity contribution in [2.45, 2.75) is 18.9 Å². The average molecular weight is 332 g/mol. The Bertz CT molecular complexity index is 625. The van der Waals surface area contributed by atoms with Gasteiger partial charge in [0, 0.05) is 10.2 Å². The summed E-state index contributed by atoms with van der Waals surface area (Å²) in [4.78, 5) is 12.2. The molecule has 4 heteroatoms. The van der Waals surface area contributed by atoms with Crippen molar-refractivity contribution in [1.29, 1.82) is 0 Å². The van der Waals surface area contributed by atoms with Crippen LogP contribution in [0.1, 0.15) is 12.0 Å². The monoisotopic (exact) mass is 331 g/mol. The predicted octanol–water partition coefficient (Wildman–Crippen LogP) is 3.78. The lowest BCUT2D eigenvalue weighted by atomic mass is 10.1. The number of carbonyl (C=O) groups is 1. The molecule has 1 N–H and O–H groups in total. The number of halogens is 1. The molecule has 1 heterocycles. The molecule has 102 valence electrons. The third-order valence-electron chi connectivity index (χ3n) is 3.34. The smallest absolute Gasteiger partial charge is 0.265 e. The van der Waals surface area contributed by atoms with Gasteiger partial charge in [-0.2, -0.15) is 0 Å². The van der Waals surface area contributed by atoms with Gasteiger partial charge in [-0.05, 0) is 48.7 Å². The lowest BCUT2D eigenvalue weighted by Gasteiger charge is -2.15. The van der Waals surface area contributed by atoms with Crippen molar-refractivity contribution in [2.24, 2.45) is 0 Å². The number of carbonyl (C=O) groups excluding carboxylic acids is 1. The maximum atomic E-state index is 12.2. The van der Waals surface area contributed by atoms with Crippen LogP contribution in [0.5, 0.6) is 5.75 Å². The number of amides is 1. The van der Waals surface area contributed by atoms with E-state index in [9.17, 15) is 4.79 Å². The Kier molecular flexibility index (Phi) is 3.74. The molecule has 0 aliphatic carbocycles. The largest absolute Gasteiger partial charge is 0.481 e. The molecule has 1 aliphatic heterocycles. The van der Waals surface area contributed by atoms with Gasteiger partial charge in [0.2, 0.25) is 0 Å². The minimum absolute atomic E-state index is 0.0853. The summed E-state index contributed by atoms with van der Waals surface area (Å²) in [7, 11) is 0. The van der Waals surface area contributed by atoms with Crippen molar-refractivity contribution in [2.75, 3.05) is 5.32 Å². The molecule has 2 aromatic rings. The number of para-hydroxylation sites is 1. The fourth-order valence-electron chi connectivity index (χ4n) is 2.28. The van der Waals surface area contributed by atoms with E-state index in [2.05, 4.69) is 21.2 Å². The van der Waals surface area contributed by atoms with E-state index < -0.39 is 6.10 Å². The van der Waals surface area contributed by atoms with Crippen LogP contribution in [0, 0.1) is 0 Å². The fourth-order valence-corrected chi connectivity index (χ4v) is 2.55. The first-order valence-corrected chi connectivity index (χ1v) is 7.33. The van der Waals surface area contributed by atoms with Crippen LogP contribution in [0.4, 0.5) is 5.69 Å². The Balaban J connectivity index is 1.76. The van der Waals surface area contributed by atoms with Crippen LogP contribution in [0.25, 0.3) is 0 Å². The minimum atomic E-state index is -0.455. The molecule has 0 saturated heterocycles. The van der Waals surface area contributed by atoms with E-state index in [1.807, 2.05) is 48.5 Å². The topological polar surface area (TPSA) is 38.3 Å². The highest BCUT2D eigenvalue weighted by atomic mass is 79.9. The second kappa shape index (κ2) is 5.67. The lowest BCUT2D eigenvalue weighted by Crippen LogP contribution is -2.31. The summed E-state index contributed by atoms with van der Waals surface area (Å²) in [6.45, 7) is 0. The summed E-state index contributed by atoms with van der Waals surface area (Å²) >= 11 is 3.38. The molecule has 0 aromatic heterocycles. The highest BCUT2D eigenvalue weighted by molar-refractivity contribution is 9.10. The van der Waals surface area contributed by atoms with Crippen molar-refractivity contribution in [3.05, 3.63) is 58.6 Å². The maximum Gasteiger partial charge on any atom is 0.265 e. The van der Waals surface area contributed by atoms with E-state index in [1.165, 1.54) is 0 Å². The number of rotatable bonds is 2. The molecule has 2 aromatic carbocycles. The zero-order valence-electron chi connectivity index (χ0n) is 10.8. The Labute approximate surface area is 126 Å². The molecule has 1 amide bonds. The van der Waals surface area contributed by atoms with Gasteiger partial charge in [-0.1, -0.05) is 34.1 Å². The first kappa shape index (κ1) is 13.2. The third kappa shape index (κ3) is 2.85. The van der Waals surface area contributed by atoms with E-state index in [-0.39, 0.29) is 5.91 Å². The second-order valence-corrected chi connectivity index (χ2v) is 5.66. The van der Waals surface area contributed by atoms with Gasteiger partial charge in [0.1, 0.15) is 5.75 Å². The number of nitrogens with one attached hydrogen (secondary N) is 1. The number of aryl methyl sites for hydroxylation is 1. The second-order valence-electron chi connectivity index (χ2n) is 4.75. The molecule has 0 radical (unpaired) electrons. The van der Waals surface area contributed by atoms with Gasteiger partial charge in [-0.15, -0.1) is 0 Å². The Morgan fingerprint density at radius 3 is 2.65 bits per heavy atom. The van der Waals surface area contributed by atoms with Gasteiger partial charge in [-0.25, -0.2) is 0 Å². The molecule has 1 aliphatic rings. The van der Waals surface area contributed by atoms with E-state index in [0.29, 0.717) is 12.2 Å². The Hall–Kier alpha value is -1.81. The molecule has 0 fully saturated rings. The normalized spacial score (nSPS) is 17.9. The first-order chi connectivity index (χ1) is 9.72. The maximum absolute atomic E-state index is 12.2. The van der Waals surface area contributed by atoms with Gasteiger partial charge in [0.05, 0.1) is 0 Å². The van der Waals surface area contributed by atoms with Gasteiger partial charge in [0.15, 0.2) is 6.10 Å². The number of ether oxygens (including phenoxy) is 1. The molecule has 1 atom stereocenters. The highest BCUT2D eigenvalue weighted by Crippen LogP contribution is 2.24. The number of anilines is 1. The molecule has 0 spiro atoms. The minimum Gasteiger partial charge on any atom is -0.481 e. The lowest BCUT2D eigenvalue weighted by molar-refractivity contribution is -0.122. The zero-order valence-corrected chi connectivity index (χ0v) is 12.4. The number of hydrogen-bond donors (Lipinski definition) is 1. The van der Waals surface area contributed by atoms with E-state index in [1.54, 1.807) is 0 Å². The highest BCUT2D eigenvalue weighted by Gasteiger charge is 2.24. The van der Waals surface area contributed by atoms with Gasteiger partial charge < -0.3 is 10.1 Å². The molecule has 3 rings (SSSR count). The summed E-state index contributed by atoms with van der Waals surface area (Å²) in [6, 6.07) is 15.4. The van der Waals surface area contributed by atoms with Crippen LogP contribution in [-0.4, -0.2) is 12.0 Å². The van der Waals surface area contributed by atoms with E-state index in [0.717, 1.165) is 22.1 Å². The van der Waals surface area contributed by atoms with Crippen LogP contribution in [0.3, 0.4) is 0 Å². The van der Waals surface area contributed by atoms with Crippen molar-refractivity contribution in [3.63, 3.8) is 0 Å². The van der Waals surface area contributed by atoms with Crippen molar-refractivity contribution >= 4 is 27.5 Å². The third-order valence-corrected chi connectivity index (χ3v) is 3.86. The van der Waals surface area contributed by atoms with Gasteiger partial charge in [0.25, 0.3) is 5.91 Å². The van der Waals surface area contributed by atoms with Crippen LogP contribution < -0.4 is 10.1 Å². The number of benzene rings is 2. The van der Waals surface area contributed by atoms with Crippen molar-refractivity contribution in [3.8, 4) is 5.75 Å². The number of hydrogen-bond acceptors (Lipinski definition) is 2. The van der Waals surface area contributed by atoms with Gasteiger partial charge >= 0.3 is 0 Å². The Morgan fingerprint density at radius 2 is 1.85 bits per heavy atom. The van der Waals surface area contributed by atoms with Crippen LogP contribution in [-0.2, 0) is 11.2 Å². The predicted molar refractivity (Wildman–Crippen MR) is 82.0 cm³/mol. The summed E-state index contributed by atoms with van der Waals surface area (Å²) in [5, 5.41) is 2.93. The molecule has 1 unspecified atom stereocenters. The molecule has 0 bridgehead atoms. The van der Waals surface area contributed by atoms with E-state index >= 15 is 0 Å². The summed E-state index contributed by atoms with van der Waals surface area (Å²) in [5.74, 6) is 0.622. The van der Waals surface area contributed by atoms with Crippen LogP contribution in [0.15, 0.2) is 53.0 Å². The SMILES string of the molecule is O=C1Nc2ccccc2CCC1Oc1ccc(Br)cc1. The number of fused-ring (bicyclic) bond motifs is 1. The van der Waals surface area contributed by atoms with Crippen LogP contribution in [0.2, 0.25) is 0 Å². The fraction of sp³-hybridized carbons (Fsp3) is 0.188. The average Bonchev–Trinajstić information content (AvgIpc) is 2.61. The quantitative estimate of drug-likeness (QED) is 0.909. The van der Waals surface area contributed by atoms with Crippen LogP contribution >= 0.6 is 15.9 Å². The molecular weight excluding hydrogens is 318 g/mol. The Morgan fingerprint density at radius 1 is 1.10 bits per heavy atom. The summed E-state index contributed by atoms with van der Waals surface area (Å²) < 4.78 is 6.79. The van der Waals surface area contributed by atoms with Crippen molar-refractivity contribution < 1.29 is 9.53 Å². The summed E-state index contributed by atoms with van der Waals surface area (Å²) in [6.07, 6.45) is 1.05. The van der Waals surface area contributed by atoms with Gasteiger partial charge in [-0.3, -0.25) is 4.79 Å². The summed E-state index contributed by atoms with van der Waals surface area (Å²) in [5.41, 5.74) is 2.04. The standard InChI is InChI=1S/C16H14BrNO2/c17-12-6-8-13(9-7-12)20-15-10-5-11-3-1-2-4-14(11)18-16(15)19/h1-4,6-9,15H,5,10H2,(H,18,19). The molecule has 20 heavy (non-hydrogen) atoms. The van der Waals surface area contributed by atoms with E-state index in [4.69, 9.17) is 4.74 Å². The zero-order chi connectivity index (χ0) is 13.9. The molecule has 3 nitrogen and oxygen atoms in total. The first-order valence-electron chi connectivity index (χ1n) is 6.53. The molecule has 0 saturated carbocycles. The van der Waals surface area contributed by atoms with Crippen molar-refractivity contribution in [1.82, 2.24) is 0 Å².